The van der Waals surface area contributed by atoms with E-state index >= 15 is 0 Å². The van der Waals surface area contributed by atoms with Crippen LogP contribution in [0, 0.1) is 5.41 Å². The number of halogens is 2. The molecule has 1 heterocycles. The van der Waals surface area contributed by atoms with Gasteiger partial charge in [-0.05, 0) is 31.5 Å². The normalized spacial score (nSPS) is 20.2. The van der Waals surface area contributed by atoms with Crippen molar-refractivity contribution in [3.05, 3.63) is 35.9 Å². The van der Waals surface area contributed by atoms with E-state index in [-0.39, 0.29) is 6.54 Å². The summed E-state index contributed by atoms with van der Waals surface area (Å²) in [5.41, 5.74) is 5.82. The Morgan fingerprint density at radius 1 is 1.17 bits per heavy atom. The molecule has 2 nitrogen and oxygen atoms in total. The first-order valence-electron chi connectivity index (χ1n) is 6.41. The molecule has 0 radical (unpaired) electrons. The third-order valence-electron chi connectivity index (χ3n) is 3.97. The number of rotatable bonds is 4. The van der Waals surface area contributed by atoms with Crippen LogP contribution in [0.25, 0.3) is 0 Å². The molecule has 1 aliphatic rings. The molecular weight excluding hydrogens is 234 g/mol. The van der Waals surface area contributed by atoms with E-state index in [4.69, 9.17) is 5.73 Å². The lowest BCUT2D eigenvalue weighted by molar-refractivity contribution is -0.0427. The van der Waals surface area contributed by atoms with Crippen LogP contribution in [0.2, 0.25) is 0 Å². The van der Waals surface area contributed by atoms with Gasteiger partial charge in [0.25, 0.3) is 0 Å². The topological polar surface area (TPSA) is 29.3 Å². The summed E-state index contributed by atoms with van der Waals surface area (Å²) in [6.07, 6.45) is -1.32. The lowest BCUT2D eigenvalue weighted by Crippen LogP contribution is -2.47. The van der Waals surface area contributed by atoms with Gasteiger partial charge in [-0.2, -0.15) is 0 Å². The summed E-state index contributed by atoms with van der Waals surface area (Å²) in [6.45, 7) is 2.33. The van der Waals surface area contributed by atoms with Crippen LogP contribution in [0.4, 0.5) is 8.78 Å². The van der Waals surface area contributed by atoms with E-state index in [9.17, 15) is 8.78 Å². The highest BCUT2D eigenvalue weighted by molar-refractivity contribution is 5.14. The van der Waals surface area contributed by atoms with E-state index in [0.717, 1.165) is 6.54 Å². The van der Waals surface area contributed by atoms with E-state index in [0.29, 0.717) is 25.9 Å². The predicted octanol–water partition coefficient (Wildman–Crippen LogP) is 2.49. The summed E-state index contributed by atoms with van der Waals surface area (Å²) in [5, 5.41) is 0. The van der Waals surface area contributed by atoms with Crippen LogP contribution in [-0.2, 0) is 6.54 Å². The zero-order valence-electron chi connectivity index (χ0n) is 10.5. The molecule has 4 heteroatoms. The van der Waals surface area contributed by atoms with Gasteiger partial charge in [0.15, 0.2) is 0 Å². The van der Waals surface area contributed by atoms with Crippen molar-refractivity contribution in [1.29, 1.82) is 0 Å². The maximum atomic E-state index is 13.0. The maximum absolute atomic E-state index is 13.0. The van der Waals surface area contributed by atoms with Crippen molar-refractivity contribution in [3.8, 4) is 0 Å². The zero-order chi connectivity index (χ0) is 13.0. The van der Waals surface area contributed by atoms with Crippen molar-refractivity contribution in [1.82, 2.24) is 4.90 Å². The number of hydrogen-bond donors (Lipinski definition) is 1. The highest BCUT2D eigenvalue weighted by Crippen LogP contribution is 2.36. The fourth-order valence-corrected chi connectivity index (χ4v) is 2.51. The molecule has 0 saturated carbocycles. The van der Waals surface area contributed by atoms with Crippen molar-refractivity contribution in [3.63, 3.8) is 0 Å². The number of benzene rings is 1. The van der Waals surface area contributed by atoms with Crippen molar-refractivity contribution in [2.24, 2.45) is 11.1 Å². The Morgan fingerprint density at radius 2 is 1.78 bits per heavy atom. The lowest BCUT2D eigenvalue weighted by Gasteiger charge is -2.40. The Balaban J connectivity index is 1.91. The first-order valence-corrected chi connectivity index (χ1v) is 6.41. The standard InChI is InChI=1S/C14H20F2N2/c15-13(16)14(11-17)6-8-18(9-7-14)10-12-4-2-1-3-5-12/h1-5,13H,6-11,17H2. The van der Waals surface area contributed by atoms with E-state index < -0.39 is 11.8 Å². The average molecular weight is 254 g/mol. The van der Waals surface area contributed by atoms with Crippen LogP contribution in [0.3, 0.4) is 0 Å². The quantitative estimate of drug-likeness (QED) is 0.894. The molecule has 1 fully saturated rings. The molecule has 0 bridgehead atoms. The second kappa shape index (κ2) is 5.76. The van der Waals surface area contributed by atoms with Gasteiger partial charge < -0.3 is 5.73 Å². The molecule has 1 saturated heterocycles. The van der Waals surface area contributed by atoms with Gasteiger partial charge in [-0.25, -0.2) is 8.78 Å². The van der Waals surface area contributed by atoms with Crippen LogP contribution in [0.15, 0.2) is 30.3 Å². The summed E-state index contributed by atoms with van der Waals surface area (Å²) in [4.78, 5) is 2.23. The third kappa shape index (κ3) is 2.87. The molecule has 2 rings (SSSR count). The molecule has 0 amide bonds. The molecule has 2 N–H and O–H groups in total. The Labute approximate surface area is 107 Å². The van der Waals surface area contributed by atoms with Gasteiger partial charge in [-0.1, -0.05) is 30.3 Å². The van der Waals surface area contributed by atoms with Crippen molar-refractivity contribution in [2.45, 2.75) is 25.8 Å². The van der Waals surface area contributed by atoms with Crippen molar-refractivity contribution >= 4 is 0 Å². The molecule has 18 heavy (non-hydrogen) atoms. The van der Waals surface area contributed by atoms with Crippen molar-refractivity contribution in [2.75, 3.05) is 19.6 Å². The minimum absolute atomic E-state index is 0.0871. The lowest BCUT2D eigenvalue weighted by atomic mass is 9.78. The molecule has 0 unspecified atom stereocenters. The maximum Gasteiger partial charge on any atom is 0.245 e. The minimum atomic E-state index is -2.30. The average Bonchev–Trinajstić information content (AvgIpc) is 2.41. The van der Waals surface area contributed by atoms with Gasteiger partial charge in [-0.3, -0.25) is 4.90 Å². The number of hydrogen-bond acceptors (Lipinski definition) is 2. The summed E-state index contributed by atoms with van der Waals surface area (Å²) in [7, 11) is 0. The predicted molar refractivity (Wildman–Crippen MR) is 68.4 cm³/mol. The highest BCUT2D eigenvalue weighted by atomic mass is 19.3. The fourth-order valence-electron chi connectivity index (χ4n) is 2.51. The van der Waals surface area contributed by atoms with Crippen LogP contribution in [0.5, 0.6) is 0 Å². The zero-order valence-corrected chi connectivity index (χ0v) is 10.5. The molecule has 1 aromatic rings. The van der Waals surface area contributed by atoms with Gasteiger partial charge >= 0.3 is 0 Å². The Kier molecular flexibility index (Phi) is 4.30. The van der Waals surface area contributed by atoms with Gasteiger partial charge in [0.1, 0.15) is 0 Å². The smallest absolute Gasteiger partial charge is 0.245 e. The van der Waals surface area contributed by atoms with Gasteiger partial charge in [0.2, 0.25) is 6.43 Å². The molecular formula is C14H20F2N2. The number of piperidine rings is 1. The minimum Gasteiger partial charge on any atom is -0.330 e. The Bertz CT molecular complexity index is 359. The molecule has 1 aliphatic heterocycles. The SMILES string of the molecule is NCC1(C(F)F)CCN(Cc2ccccc2)CC1. The second-order valence-electron chi connectivity index (χ2n) is 5.13. The summed E-state index contributed by atoms with van der Waals surface area (Å²) >= 11 is 0. The highest BCUT2D eigenvalue weighted by Gasteiger charge is 2.41. The number of nitrogens with two attached hydrogens (primary N) is 1. The van der Waals surface area contributed by atoms with Gasteiger partial charge in [0.05, 0.1) is 0 Å². The summed E-state index contributed by atoms with van der Waals surface area (Å²) < 4.78 is 26.1. The van der Waals surface area contributed by atoms with Crippen LogP contribution in [-0.4, -0.2) is 31.0 Å². The first-order chi connectivity index (χ1) is 8.66. The molecule has 0 aromatic heterocycles. The monoisotopic (exact) mass is 254 g/mol. The van der Waals surface area contributed by atoms with E-state index in [2.05, 4.69) is 17.0 Å². The van der Waals surface area contributed by atoms with Crippen molar-refractivity contribution < 1.29 is 8.78 Å². The van der Waals surface area contributed by atoms with Crippen LogP contribution < -0.4 is 5.73 Å². The third-order valence-corrected chi connectivity index (χ3v) is 3.97. The van der Waals surface area contributed by atoms with Crippen LogP contribution >= 0.6 is 0 Å². The van der Waals surface area contributed by atoms with E-state index in [1.54, 1.807) is 0 Å². The summed E-state index contributed by atoms with van der Waals surface area (Å²) in [5.74, 6) is 0. The Hall–Kier alpha value is -1.00. The molecule has 100 valence electrons. The molecule has 0 spiro atoms. The molecule has 0 atom stereocenters. The number of nitrogens with zero attached hydrogens (tertiary/aromatic N) is 1. The number of alkyl halides is 2. The molecule has 0 aliphatic carbocycles. The van der Waals surface area contributed by atoms with Gasteiger partial charge in [0, 0.05) is 18.5 Å². The first kappa shape index (κ1) is 13.4. The van der Waals surface area contributed by atoms with E-state index in [1.165, 1.54) is 5.56 Å². The summed E-state index contributed by atoms with van der Waals surface area (Å²) in [6, 6.07) is 10.1. The van der Waals surface area contributed by atoms with Crippen LogP contribution in [0.1, 0.15) is 18.4 Å². The van der Waals surface area contributed by atoms with Gasteiger partial charge in [-0.15, -0.1) is 0 Å². The second-order valence-corrected chi connectivity index (χ2v) is 5.13. The fraction of sp³-hybridized carbons (Fsp3) is 0.571. The largest absolute Gasteiger partial charge is 0.330 e. The Morgan fingerprint density at radius 3 is 2.28 bits per heavy atom. The van der Waals surface area contributed by atoms with E-state index in [1.807, 2.05) is 18.2 Å². The molecule has 1 aromatic carbocycles. The number of likely N-dealkylation sites (tertiary alicyclic amines) is 1.